The summed E-state index contributed by atoms with van der Waals surface area (Å²) in [5, 5.41) is 13.5. The molecule has 2 aliphatic heterocycles. The molecule has 3 aliphatic rings. The van der Waals surface area contributed by atoms with E-state index in [1.165, 1.54) is 0 Å². The summed E-state index contributed by atoms with van der Waals surface area (Å²) in [6.07, 6.45) is 2.74. The molecule has 128 valence electrons. The molecule has 2 heterocycles. The molecule has 5 rings (SSSR count). The van der Waals surface area contributed by atoms with Crippen molar-refractivity contribution in [2.24, 2.45) is 5.92 Å². The van der Waals surface area contributed by atoms with Gasteiger partial charge in [0.25, 0.3) is 0 Å². The van der Waals surface area contributed by atoms with Gasteiger partial charge in [-0.1, -0.05) is 60.7 Å². The average molecular weight is 335 g/mol. The molecule has 3 unspecified atom stereocenters. The second-order valence-corrected chi connectivity index (χ2v) is 6.83. The largest absolute Gasteiger partial charge is 0.750 e. The van der Waals surface area contributed by atoms with Crippen LogP contribution >= 0.6 is 0 Å². The second-order valence-electron chi connectivity index (χ2n) is 6.83. The van der Waals surface area contributed by atoms with Gasteiger partial charge in [-0.3, -0.25) is 4.84 Å². The zero-order valence-corrected chi connectivity index (χ0v) is 13.7. The van der Waals surface area contributed by atoms with Crippen molar-refractivity contribution in [3.05, 3.63) is 82.6 Å². The van der Waals surface area contributed by atoms with Gasteiger partial charge in [0.2, 0.25) is 0 Å². The van der Waals surface area contributed by atoms with Crippen LogP contribution in [-0.2, 0) is 9.68 Å². The zero-order valence-electron chi connectivity index (χ0n) is 13.7. The molecule has 0 bridgehead atoms. The van der Waals surface area contributed by atoms with Crippen LogP contribution in [0.4, 0.5) is 0 Å². The van der Waals surface area contributed by atoms with E-state index >= 15 is 0 Å². The summed E-state index contributed by atoms with van der Waals surface area (Å²) < 4.78 is 0. The first-order valence-corrected chi connectivity index (χ1v) is 8.73. The Bertz CT molecular complexity index is 808. The molecular weight excluding hydrogens is 316 g/mol. The minimum Gasteiger partial charge on any atom is -0.750 e. The summed E-state index contributed by atoms with van der Waals surface area (Å²) in [5.41, 5.74) is 5.06. The van der Waals surface area contributed by atoms with Crippen molar-refractivity contribution in [3.8, 4) is 0 Å². The first-order valence-electron chi connectivity index (χ1n) is 8.73. The molecule has 25 heavy (non-hydrogen) atoms. The second kappa shape index (κ2) is 5.68. The summed E-state index contributed by atoms with van der Waals surface area (Å²) in [6.45, 7) is 0. The third kappa shape index (κ3) is 2.10. The number of nitrogens with one attached hydrogen (secondary N) is 1. The fourth-order valence-electron chi connectivity index (χ4n) is 4.40. The molecule has 0 radical (unpaired) electrons. The van der Waals surface area contributed by atoms with Crippen LogP contribution in [0.3, 0.4) is 0 Å². The smallest absolute Gasteiger partial charge is 0.192 e. The Labute approximate surface area is 146 Å². The topological polar surface area (TPSA) is 56.8 Å². The summed E-state index contributed by atoms with van der Waals surface area (Å²) in [4.78, 5) is 11.7. The molecule has 5 nitrogen and oxygen atoms in total. The maximum atomic E-state index is 12.9. The molecule has 1 saturated carbocycles. The maximum absolute atomic E-state index is 12.9. The molecule has 1 N–H and O–H groups in total. The molecule has 1 saturated heterocycles. The van der Waals surface area contributed by atoms with Gasteiger partial charge in [0.05, 0.1) is 6.04 Å². The summed E-state index contributed by atoms with van der Waals surface area (Å²) in [6, 6.07) is 19.9. The van der Waals surface area contributed by atoms with Gasteiger partial charge in [-0.15, -0.1) is 0 Å². The molecule has 5 heteroatoms. The minimum atomic E-state index is -1.07. The quantitative estimate of drug-likeness (QED) is 0.901. The number of hydrogen-bond donors (Lipinski definition) is 1. The molecule has 2 aromatic carbocycles. The SMILES string of the molecule is [O-]N1OC(c2ccccc2)=C2CCCC3C(c4ccccc4)NOC231. The third-order valence-corrected chi connectivity index (χ3v) is 5.53. The lowest BCUT2D eigenvalue weighted by Gasteiger charge is -2.43. The number of nitrogens with zero attached hydrogens (tertiary/aromatic N) is 1. The average Bonchev–Trinajstić information content (AvgIpc) is 3.21. The Hall–Kier alpha value is -2.18. The third-order valence-electron chi connectivity index (χ3n) is 5.53. The van der Waals surface area contributed by atoms with Gasteiger partial charge < -0.3 is 10.0 Å². The van der Waals surface area contributed by atoms with Crippen molar-refractivity contribution in [2.75, 3.05) is 0 Å². The van der Waals surface area contributed by atoms with Crippen LogP contribution in [0.15, 0.2) is 66.2 Å². The Kier molecular flexibility index (Phi) is 3.43. The molecule has 2 fully saturated rings. The van der Waals surface area contributed by atoms with Crippen LogP contribution in [0.5, 0.6) is 0 Å². The van der Waals surface area contributed by atoms with Crippen molar-refractivity contribution >= 4 is 5.76 Å². The van der Waals surface area contributed by atoms with Crippen LogP contribution in [0.25, 0.3) is 5.76 Å². The molecule has 2 aromatic rings. The first kappa shape index (κ1) is 15.1. The van der Waals surface area contributed by atoms with Crippen LogP contribution < -0.4 is 5.48 Å². The van der Waals surface area contributed by atoms with Gasteiger partial charge in [-0.25, -0.2) is 0 Å². The maximum Gasteiger partial charge on any atom is 0.192 e. The monoisotopic (exact) mass is 335 g/mol. The van der Waals surface area contributed by atoms with Crippen LogP contribution in [-0.4, -0.2) is 11.0 Å². The lowest BCUT2D eigenvalue weighted by molar-refractivity contribution is -0.227. The Morgan fingerprint density at radius 3 is 2.52 bits per heavy atom. The van der Waals surface area contributed by atoms with Gasteiger partial charge in [-0.05, 0) is 24.8 Å². The van der Waals surface area contributed by atoms with Gasteiger partial charge in [0.15, 0.2) is 11.5 Å². The highest BCUT2D eigenvalue weighted by molar-refractivity contribution is 5.67. The van der Waals surface area contributed by atoms with E-state index in [9.17, 15) is 5.21 Å². The number of hydrogen-bond acceptors (Lipinski definition) is 5. The Balaban J connectivity index is 1.60. The Morgan fingerprint density at radius 2 is 1.76 bits per heavy atom. The van der Waals surface area contributed by atoms with E-state index in [1.807, 2.05) is 48.5 Å². The lowest BCUT2D eigenvalue weighted by Crippen LogP contribution is -2.50. The first-order chi connectivity index (χ1) is 12.3. The van der Waals surface area contributed by atoms with E-state index in [1.54, 1.807) is 0 Å². The number of benzene rings is 2. The number of rotatable bonds is 2. The van der Waals surface area contributed by atoms with Crippen molar-refractivity contribution < 1.29 is 9.68 Å². The Morgan fingerprint density at radius 1 is 1.04 bits per heavy atom. The van der Waals surface area contributed by atoms with Crippen molar-refractivity contribution in [3.63, 3.8) is 0 Å². The van der Waals surface area contributed by atoms with E-state index in [2.05, 4.69) is 17.6 Å². The molecule has 1 spiro atoms. The fourth-order valence-corrected chi connectivity index (χ4v) is 4.40. The van der Waals surface area contributed by atoms with E-state index in [0.717, 1.165) is 36.0 Å². The molecule has 3 atom stereocenters. The molecule has 0 aromatic heterocycles. The highest BCUT2D eigenvalue weighted by atomic mass is 16.9. The van der Waals surface area contributed by atoms with Crippen molar-refractivity contribution in [1.29, 1.82) is 0 Å². The van der Waals surface area contributed by atoms with Gasteiger partial charge >= 0.3 is 0 Å². The van der Waals surface area contributed by atoms with E-state index < -0.39 is 5.72 Å². The van der Waals surface area contributed by atoms with Crippen molar-refractivity contribution in [2.45, 2.75) is 31.0 Å². The predicted octanol–water partition coefficient (Wildman–Crippen LogP) is 3.92. The molecule has 1 aliphatic carbocycles. The van der Waals surface area contributed by atoms with Gasteiger partial charge in [0, 0.05) is 17.1 Å². The summed E-state index contributed by atoms with van der Waals surface area (Å²) in [5.74, 6) is 0.660. The van der Waals surface area contributed by atoms with Gasteiger partial charge in [0.1, 0.15) is 0 Å². The van der Waals surface area contributed by atoms with Crippen molar-refractivity contribution in [1.82, 2.24) is 10.7 Å². The lowest BCUT2D eigenvalue weighted by atomic mass is 9.73. The standard InChI is InChI=1S/C20H19N2O3/c23-22-20-16(18(21-25-20)14-8-3-1-4-9-14)12-7-13-17(20)19(24-22)15-10-5-2-6-11-15/h1-6,8-11,16,18,21H,7,12-13H2/q-1. The van der Waals surface area contributed by atoms with Crippen LogP contribution in [0, 0.1) is 11.1 Å². The predicted molar refractivity (Wildman–Crippen MR) is 93.1 cm³/mol. The van der Waals surface area contributed by atoms with Crippen LogP contribution in [0.2, 0.25) is 0 Å². The van der Waals surface area contributed by atoms with E-state index in [0.29, 0.717) is 11.0 Å². The highest BCUT2D eigenvalue weighted by Crippen LogP contribution is 2.57. The van der Waals surface area contributed by atoms with E-state index in [4.69, 9.17) is 9.68 Å². The van der Waals surface area contributed by atoms with Crippen LogP contribution in [0.1, 0.15) is 36.4 Å². The summed E-state index contributed by atoms with van der Waals surface area (Å²) >= 11 is 0. The fraction of sp³-hybridized carbons (Fsp3) is 0.300. The van der Waals surface area contributed by atoms with E-state index in [-0.39, 0.29) is 12.0 Å². The summed E-state index contributed by atoms with van der Waals surface area (Å²) in [7, 11) is 0. The highest BCUT2D eigenvalue weighted by Gasteiger charge is 2.60. The minimum absolute atomic E-state index is 0.0114. The normalized spacial score (nSPS) is 31.6. The molecular formula is C20H19N2O3-. The molecule has 0 amide bonds. The zero-order chi connectivity index (χ0) is 16.9. The number of hydroxylamine groups is 3. The van der Waals surface area contributed by atoms with Gasteiger partial charge in [-0.2, -0.15) is 10.7 Å².